The molecule has 2 rings (SSSR count). The number of hydrogen-bond acceptors (Lipinski definition) is 7. The van der Waals surface area contributed by atoms with Gasteiger partial charge in [0, 0.05) is 25.8 Å². The zero-order valence-electron chi connectivity index (χ0n) is 13.0. The van der Waals surface area contributed by atoms with Crippen LogP contribution in [0.15, 0.2) is 47.6 Å². The summed E-state index contributed by atoms with van der Waals surface area (Å²) in [7, 11) is 3.86. The molecule has 0 saturated carbocycles. The molecule has 9 nitrogen and oxygen atoms in total. The normalized spacial score (nSPS) is 10.6. The Balaban J connectivity index is 2.16. The van der Waals surface area contributed by atoms with Gasteiger partial charge in [0.1, 0.15) is 5.69 Å². The van der Waals surface area contributed by atoms with Gasteiger partial charge in [0.2, 0.25) is 0 Å². The van der Waals surface area contributed by atoms with Crippen LogP contribution < -0.4 is 10.3 Å². The smallest absolute Gasteiger partial charge is 0.301 e. The third-order valence-electron chi connectivity index (χ3n) is 3.20. The summed E-state index contributed by atoms with van der Waals surface area (Å²) in [6.07, 6.45) is 1.50. The van der Waals surface area contributed by atoms with Crippen LogP contribution in [0.4, 0.5) is 22.7 Å². The molecule has 0 amide bonds. The van der Waals surface area contributed by atoms with Crippen molar-refractivity contribution in [1.29, 1.82) is 0 Å². The van der Waals surface area contributed by atoms with E-state index in [1.807, 2.05) is 43.3 Å². The summed E-state index contributed by atoms with van der Waals surface area (Å²) >= 11 is 0. The molecule has 2 aromatic rings. The third kappa shape index (κ3) is 4.03. The Hall–Kier alpha value is -3.49. The highest BCUT2D eigenvalue weighted by molar-refractivity contribution is 5.81. The molecule has 0 spiro atoms. The Morgan fingerprint density at radius 3 is 2.25 bits per heavy atom. The minimum Gasteiger partial charge on any atom is -0.378 e. The van der Waals surface area contributed by atoms with Crippen molar-refractivity contribution in [3.05, 3.63) is 68.3 Å². The summed E-state index contributed by atoms with van der Waals surface area (Å²) in [6.45, 7) is 0. The van der Waals surface area contributed by atoms with Crippen molar-refractivity contribution >= 4 is 29.0 Å². The molecule has 0 fully saturated rings. The second kappa shape index (κ2) is 7.18. The molecule has 0 atom stereocenters. The third-order valence-corrected chi connectivity index (χ3v) is 3.20. The van der Waals surface area contributed by atoms with Gasteiger partial charge in [0.25, 0.3) is 5.69 Å². The molecule has 0 heterocycles. The highest BCUT2D eigenvalue weighted by Gasteiger charge is 2.18. The quantitative estimate of drug-likeness (QED) is 0.495. The van der Waals surface area contributed by atoms with Crippen molar-refractivity contribution in [2.24, 2.45) is 5.10 Å². The fraction of sp³-hybridized carbons (Fsp3) is 0.133. The van der Waals surface area contributed by atoms with E-state index in [9.17, 15) is 20.2 Å². The minimum absolute atomic E-state index is 0.0757. The maximum Gasteiger partial charge on any atom is 0.301 e. The van der Waals surface area contributed by atoms with Crippen molar-refractivity contribution in [2.75, 3.05) is 24.4 Å². The van der Waals surface area contributed by atoms with Crippen LogP contribution in [-0.4, -0.2) is 30.2 Å². The van der Waals surface area contributed by atoms with Crippen LogP contribution in [0.2, 0.25) is 0 Å². The van der Waals surface area contributed by atoms with Gasteiger partial charge >= 0.3 is 5.69 Å². The molecule has 0 aliphatic rings. The molecule has 0 aromatic heterocycles. The topological polar surface area (TPSA) is 114 Å². The van der Waals surface area contributed by atoms with E-state index in [0.29, 0.717) is 0 Å². The zero-order valence-corrected chi connectivity index (χ0v) is 13.0. The molecule has 0 bridgehead atoms. The maximum absolute atomic E-state index is 11.0. The largest absolute Gasteiger partial charge is 0.378 e. The maximum atomic E-state index is 11.0. The summed E-state index contributed by atoms with van der Waals surface area (Å²) in [5.41, 5.74) is 3.69. The average molecular weight is 329 g/mol. The van der Waals surface area contributed by atoms with E-state index >= 15 is 0 Å². The van der Waals surface area contributed by atoms with Crippen molar-refractivity contribution in [3.63, 3.8) is 0 Å². The highest BCUT2D eigenvalue weighted by atomic mass is 16.6. The van der Waals surface area contributed by atoms with Gasteiger partial charge in [-0.25, -0.2) is 0 Å². The summed E-state index contributed by atoms with van der Waals surface area (Å²) in [4.78, 5) is 22.3. The average Bonchev–Trinajstić information content (AvgIpc) is 2.55. The van der Waals surface area contributed by atoms with Crippen molar-refractivity contribution in [2.45, 2.75) is 0 Å². The molecule has 0 saturated heterocycles. The van der Waals surface area contributed by atoms with E-state index in [2.05, 4.69) is 10.5 Å². The second-order valence-electron chi connectivity index (χ2n) is 5.07. The van der Waals surface area contributed by atoms with E-state index in [1.54, 1.807) is 0 Å². The van der Waals surface area contributed by atoms with E-state index in [4.69, 9.17) is 0 Å². The van der Waals surface area contributed by atoms with Crippen LogP contribution in [0.3, 0.4) is 0 Å². The SMILES string of the molecule is CN(C)c1ccc(C=NNc2ccc([N+](=O)[O-])cc2[N+](=O)[O-])cc1. The number of rotatable bonds is 6. The monoisotopic (exact) mass is 329 g/mol. The number of nitro groups is 2. The fourth-order valence-electron chi connectivity index (χ4n) is 1.91. The summed E-state index contributed by atoms with van der Waals surface area (Å²) in [5.74, 6) is 0. The summed E-state index contributed by atoms with van der Waals surface area (Å²) in [5, 5.41) is 25.6. The number of nitrogens with zero attached hydrogens (tertiary/aromatic N) is 4. The minimum atomic E-state index is -0.698. The van der Waals surface area contributed by atoms with Crippen molar-refractivity contribution < 1.29 is 9.85 Å². The van der Waals surface area contributed by atoms with E-state index in [0.717, 1.165) is 17.3 Å². The van der Waals surface area contributed by atoms with Crippen LogP contribution >= 0.6 is 0 Å². The molecule has 1 N–H and O–H groups in total. The van der Waals surface area contributed by atoms with Gasteiger partial charge in [-0.3, -0.25) is 25.7 Å². The molecule has 24 heavy (non-hydrogen) atoms. The van der Waals surface area contributed by atoms with Gasteiger partial charge in [0.05, 0.1) is 22.1 Å². The molecule has 0 aliphatic carbocycles. The number of non-ortho nitro benzene ring substituents is 1. The molecule has 0 unspecified atom stereocenters. The molecule has 9 heteroatoms. The molecule has 124 valence electrons. The lowest BCUT2D eigenvalue weighted by Crippen LogP contribution is -2.08. The predicted molar refractivity (Wildman–Crippen MR) is 91.7 cm³/mol. The van der Waals surface area contributed by atoms with Crippen LogP contribution in [0.1, 0.15) is 5.56 Å². The lowest BCUT2D eigenvalue weighted by molar-refractivity contribution is -0.393. The molecular formula is C15H15N5O4. The Kier molecular flexibility index (Phi) is 5.05. The van der Waals surface area contributed by atoms with Crippen LogP contribution in [-0.2, 0) is 0 Å². The first-order chi connectivity index (χ1) is 11.4. The summed E-state index contributed by atoms with van der Waals surface area (Å²) < 4.78 is 0. The molecular weight excluding hydrogens is 314 g/mol. The standard InChI is InChI=1S/C15H15N5O4/c1-18(2)12-5-3-11(4-6-12)10-16-17-14-8-7-13(19(21)22)9-15(14)20(23)24/h3-10,17H,1-2H3. The Labute approximate surface area is 137 Å². The van der Waals surface area contributed by atoms with Gasteiger partial charge in [-0.15, -0.1) is 0 Å². The van der Waals surface area contributed by atoms with E-state index in [-0.39, 0.29) is 11.4 Å². The first-order valence-corrected chi connectivity index (χ1v) is 6.88. The van der Waals surface area contributed by atoms with E-state index < -0.39 is 15.5 Å². The van der Waals surface area contributed by atoms with Gasteiger partial charge < -0.3 is 4.90 Å². The fourth-order valence-corrected chi connectivity index (χ4v) is 1.91. The van der Waals surface area contributed by atoms with Crippen LogP contribution in [0.5, 0.6) is 0 Å². The van der Waals surface area contributed by atoms with Crippen LogP contribution in [0.25, 0.3) is 0 Å². The Bertz CT molecular complexity index is 787. The van der Waals surface area contributed by atoms with Crippen LogP contribution in [0, 0.1) is 20.2 Å². The predicted octanol–water partition coefficient (Wildman–Crippen LogP) is 3.02. The second-order valence-corrected chi connectivity index (χ2v) is 5.07. The lowest BCUT2D eigenvalue weighted by Gasteiger charge is -2.11. The van der Waals surface area contributed by atoms with E-state index in [1.165, 1.54) is 18.3 Å². The molecule has 0 aliphatic heterocycles. The molecule has 2 aromatic carbocycles. The van der Waals surface area contributed by atoms with Gasteiger partial charge in [-0.05, 0) is 23.8 Å². The van der Waals surface area contributed by atoms with Crippen molar-refractivity contribution in [3.8, 4) is 0 Å². The first-order valence-electron chi connectivity index (χ1n) is 6.88. The zero-order chi connectivity index (χ0) is 17.7. The highest BCUT2D eigenvalue weighted by Crippen LogP contribution is 2.28. The van der Waals surface area contributed by atoms with Gasteiger partial charge in [-0.1, -0.05) is 12.1 Å². The number of benzene rings is 2. The molecule has 0 radical (unpaired) electrons. The Morgan fingerprint density at radius 2 is 1.71 bits per heavy atom. The van der Waals surface area contributed by atoms with Gasteiger partial charge in [-0.2, -0.15) is 5.10 Å². The lowest BCUT2D eigenvalue weighted by atomic mass is 10.2. The first kappa shape index (κ1) is 16.9. The number of hydrazone groups is 1. The number of anilines is 2. The van der Waals surface area contributed by atoms with Gasteiger partial charge in [0.15, 0.2) is 0 Å². The Morgan fingerprint density at radius 1 is 1.04 bits per heavy atom. The summed E-state index contributed by atoms with van der Waals surface area (Å²) in [6, 6.07) is 10.9. The van der Waals surface area contributed by atoms with Crippen molar-refractivity contribution in [1.82, 2.24) is 0 Å². The number of hydrogen-bond donors (Lipinski definition) is 1. The number of nitrogens with one attached hydrogen (secondary N) is 1. The number of nitro benzene ring substituents is 2.